The van der Waals surface area contributed by atoms with Crippen LogP contribution >= 0.6 is 11.8 Å². The molecule has 1 fully saturated rings. The van der Waals surface area contributed by atoms with Gasteiger partial charge >= 0.3 is 0 Å². The number of fused-ring (bicyclic) bond motifs is 1. The molecular weight excluding hydrogens is 274 g/mol. The minimum Gasteiger partial charge on any atom is -0.314 e. The Morgan fingerprint density at radius 3 is 2.95 bits per heavy atom. The van der Waals surface area contributed by atoms with E-state index in [0.717, 1.165) is 12.0 Å². The summed E-state index contributed by atoms with van der Waals surface area (Å²) >= 11 is 2.07. The van der Waals surface area contributed by atoms with E-state index in [2.05, 4.69) is 42.2 Å². The Balaban J connectivity index is 1.45. The molecule has 2 heteroatoms. The van der Waals surface area contributed by atoms with Crippen LogP contribution < -0.4 is 5.32 Å². The summed E-state index contributed by atoms with van der Waals surface area (Å²) in [5.41, 5.74) is 3.21. The zero-order valence-corrected chi connectivity index (χ0v) is 14.2. The molecule has 0 spiro atoms. The molecule has 1 saturated carbocycles. The number of benzene rings is 1. The second-order valence-electron chi connectivity index (χ2n) is 6.67. The summed E-state index contributed by atoms with van der Waals surface area (Å²) in [5, 5.41) is 3.75. The van der Waals surface area contributed by atoms with Crippen LogP contribution in [0.1, 0.15) is 56.6 Å². The molecule has 1 aromatic rings. The van der Waals surface area contributed by atoms with Gasteiger partial charge in [0.05, 0.1) is 0 Å². The first-order valence-electron chi connectivity index (χ1n) is 8.85. The number of aryl methyl sites for hydroxylation is 2. The fourth-order valence-corrected chi connectivity index (χ4v) is 4.99. The lowest BCUT2D eigenvalue weighted by atomic mass is 10.0. The van der Waals surface area contributed by atoms with Crippen molar-refractivity contribution in [2.45, 2.75) is 69.2 Å². The summed E-state index contributed by atoms with van der Waals surface area (Å²) in [7, 11) is 0. The van der Waals surface area contributed by atoms with Crippen molar-refractivity contribution in [3.63, 3.8) is 0 Å². The quantitative estimate of drug-likeness (QED) is 0.724. The van der Waals surface area contributed by atoms with Gasteiger partial charge < -0.3 is 5.32 Å². The Morgan fingerprint density at radius 1 is 1.14 bits per heavy atom. The van der Waals surface area contributed by atoms with Crippen molar-refractivity contribution in [3.8, 4) is 0 Å². The fourth-order valence-electron chi connectivity index (χ4n) is 3.95. The van der Waals surface area contributed by atoms with Crippen LogP contribution in [0.15, 0.2) is 23.1 Å². The zero-order valence-electron chi connectivity index (χ0n) is 13.4. The minimum absolute atomic E-state index is 0.797. The Hall–Kier alpha value is -0.470. The third-order valence-corrected chi connectivity index (χ3v) is 6.17. The van der Waals surface area contributed by atoms with Crippen molar-refractivity contribution < 1.29 is 0 Å². The van der Waals surface area contributed by atoms with Crippen molar-refractivity contribution in [1.29, 1.82) is 0 Å². The van der Waals surface area contributed by atoms with Gasteiger partial charge in [-0.15, -0.1) is 11.8 Å². The van der Waals surface area contributed by atoms with Crippen molar-refractivity contribution >= 4 is 11.8 Å². The summed E-state index contributed by atoms with van der Waals surface area (Å²) in [4.78, 5) is 1.49. The summed E-state index contributed by atoms with van der Waals surface area (Å²) in [5.74, 6) is 2.20. The smallest absolute Gasteiger partial charge is 0.00956 e. The van der Waals surface area contributed by atoms with Gasteiger partial charge in [0.1, 0.15) is 0 Å². The number of hydrogen-bond acceptors (Lipinski definition) is 2. The third-order valence-electron chi connectivity index (χ3n) is 5.14. The molecule has 0 radical (unpaired) electrons. The van der Waals surface area contributed by atoms with E-state index in [-0.39, 0.29) is 0 Å². The zero-order chi connectivity index (χ0) is 14.5. The highest BCUT2D eigenvalue weighted by atomic mass is 32.2. The van der Waals surface area contributed by atoms with Crippen LogP contribution in [0.25, 0.3) is 0 Å². The molecule has 1 aromatic carbocycles. The van der Waals surface area contributed by atoms with E-state index in [1.54, 1.807) is 11.1 Å². The first-order valence-corrected chi connectivity index (χ1v) is 9.83. The van der Waals surface area contributed by atoms with Gasteiger partial charge in [0.2, 0.25) is 0 Å². The highest BCUT2D eigenvalue weighted by molar-refractivity contribution is 7.99. The maximum Gasteiger partial charge on any atom is 0.00956 e. The van der Waals surface area contributed by atoms with Gasteiger partial charge in [-0.2, -0.15) is 0 Å². The van der Waals surface area contributed by atoms with E-state index >= 15 is 0 Å². The Morgan fingerprint density at radius 2 is 2.05 bits per heavy atom. The lowest BCUT2D eigenvalue weighted by molar-refractivity contribution is 0.393. The highest BCUT2D eigenvalue weighted by Crippen LogP contribution is 2.32. The molecule has 0 aliphatic heterocycles. The molecule has 0 bridgehead atoms. The van der Waals surface area contributed by atoms with Crippen LogP contribution in [-0.2, 0) is 12.8 Å². The number of nitrogens with one attached hydrogen (secondary N) is 1. The molecule has 3 rings (SSSR count). The monoisotopic (exact) mass is 303 g/mol. The Kier molecular flexibility index (Phi) is 5.65. The molecule has 21 heavy (non-hydrogen) atoms. The minimum atomic E-state index is 0.797. The summed E-state index contributed by atoms with van der Waals surface area (Å²) in [6.07, 6.45) is 10.9. The van der Waals surface area contributed by atoms with E-state index in [9.17, 15) is 0 Å². The van der Waals surface area contributed by atoms with E-state index in [4.69, 9.17) is 0 Å². The standard InChI is InChI=1S/C19H29NS/c1-2-12-20-19-8-4-6-16(19)11-13-21-18-10-9-15-5-3-7-17(15)14-18/h9-10,14,16,19-20H,2-8,11-13H2,1H3. The topological polar surface area (TPSA) is 12.0 Å². The second-order valence-corrected chi connectivity index (χ2v) is 7.84. The lowest BCUT2D eigenvalue weighted by Crippen LogP contribution is -2.33. The Labute approximate surface area is 134 Å². The average Bonchev–Trinajstić information content (AvgIpc) is 3.13. The van der Waals surface area contributed by atoms with Gasteiger partial charge in [0, 0.05) is 10.9 Å². The van der Waals surface area contributed by atoms with Gasteiger partial charge in [-0.05, 0) is 86.4 Å². The van der Waals surface area contributed by atoms with E-state index < -0.39 is 0 Å². The molecule has 2 aliphatic carbocycles. The van der Waals surface area contributed by atoms with Crippen molar-refractivity contribution in [1.82, 2.24) is 5.32 Å². The maximum atomic E-state index is 3.75. The maximum absolute atomic E-state index is 3.75. The predicted octanol–water partition coefficient (Wildman–Crippen LogP) is 4.83. The molecule has 0 saturated heterocycles. The van der Waals surface area contributed by atoms with Crippen LogP contribution in [0, 0.1) is 5.92 Å². The Bertz CT molecular complexity index is 457. The van der Waals surface area contributed by atoms with E-state index in [1.165, 1.54) is 68.6 Å². The van der Waals surface area contributed by atoms with Crippen LogP contribution in [0.2, 0.25) is 0 Å². The average molecular weight is 304 g/mol. The lowest BCUT2D eigenvalue weighted by Gasteiger charge is -2.20. The normalized spacial score (nSPS) is 24.4. The van der Waals surface area contributed by atoms with Gasteiger partial charge in [0.25, 0.3) is 0 Å². The SMILES string of the molecule is CCCNC1CCCC1CCSc1ccc2c(c1)CCC2. The van der Waals surface area contributed by atoms with Crippen LogP contribution in [0.4, 0.5) is 0 Å². The van der Waals surface area contributed by atoms with Crippen molar-refractivity contribution in [3.05, 3.63) is 29.3 Å². The van der Waals surface area contributed by atoms with E-state index in [1.807, 2.05) is 0 Å². The summed E-state index contributed by atoms with van der Waals surface area (Å²) in [6, 6.07) is 7.96. The molecule has 2 atom stereocenters. The third kappa shape index (κ3) is 4.04. The summed E-state index contributed by atoms with van der Waals surface area (Å²) in [6.45, 7) is 3.46. The van der Waals surface area contributed by atoms with Crippen molar-refractivity contribution in [2.24, 2.45) is 5.92 Å². The highest BCUT2D eigenvalue weighted by Gasteiger charge is 2.26. The van der Waals surface area contributed by atoms with Gasteiger partial charge in [-0.3, -0.25) is 0 Å². The molecule has 2 unspecified atom stereocenters. The van der Waals surface area contributed by atoms with Gasteiger partial charge in [-0.25, -0.2) is 0 Å². The molecular formula is C19H29NS. The van der Waals surface area contributed by atoms with Crippen LogP contribution in [0.5, 0.6) is 0 Å². The van der Waals surface area contributed by atoms with Gasteiger partial charge in [0.15, 0.2) is 0 Å². The molecule has 1 N–H and O–H groups in total. The first kappa shape index (κ1) is 15.4. The predicted molar refractivity (Wildman–Crippen MR) is 93.2 cm³/mol. The number of hydrogen-bond donors (Lipinski definition) is 1. The molecule has 1 nitrogen and oxygen atoms in total. The number of thioether (sulfide) groups is 1. The van der Waals surface area contributed by atoms with Crippen LogP contribution in [0.3, 0.4) is 0 Å². The van der Waals surface area contributed by atoms with Gasteiger partial charge in [-0.1, -0.05) is 19.4 Å². The molecule has 0 heterocycles. The second kappa shape index (κ2) is 7.69. The van der Waals surface area contributed by atoms with E-state index in [0.29, 0.717) is 0 Å². The molecule has 0 aromatic heterocycles. The van der Waals surface area contributed by atoms with Crippen LogP contribution in [-0.4, -0.2) is 18.3 Å². The molecule has 116 valence electrons. The first-order chi connectivity index (χ1) is 10.4. The van der Waals surface area contributed by atoms with Crippen molar-refractivity contribution in [2.75, 3.05) is 12.3 Å². The summed E-state index contributed by atoms with van der Waals surface area (Å²) < 4.78 is 0. The number of rotatable bonds is 7. The molecule has 2 aliphatic rings. The largest absolute Gasteiger partial charge is 0.314 e. The fraction of sp³-hybridized carbons (Fsp3) is 0.684. The molecule has 0 amide bonds.